The lowest BCUT2D eigenvalue weighted by Gasteiger charge is -2.34. The Balaban J connectivity index is 1.95. The Hall–Kier alpha value is -2.63. The zero-order chi connectivity index (χ0) is 24.3. The molecule has 1 amide bonds. The summed E-state index contributed by atoms with van der Waals surface area (Å²) < 4.78 is 41.1. The molecule has 0 unspecified atom stereocenters. The Morgan fingerprint density at radius 3 is 2.55 bits per heavy atom. The first-order valence-electron chi connectivity index (χ1n) is 10.8. The fourth-order valence-electron chi connectivity index (χ4n) is 3.76. The predicted octanol–water partition coefficient (Wildman–Crippen LogP) is 1.66. The Labute approximate surface area is 195 Å². The number of benzene rings is 1. The summed E-state index contributed by atoms with van der Waals surface area (Å²) in [5.74, 6) is 0.309. The number of carbonyl (C=O) groups excluding carboxylic acids is 1. The number of carbonyl (C=O) groups is 1. The first-order chi connectivity index (χ1) is 15.5. The Kier molecular flexibility index (Phi) is 7.65. The van der Waals surface area contributed by atoms with E-state index in [0.717, 1.165) is 6.54 Å². The molecule has 3 atom stereocenters. The van der Waals surface area contributed by atoms with Crippen molar-refractivity contribution in [3.63, 3.8) is 0 Å². The number of rotatable bonds is 4. The third-order valence-electron chi connectivity index (χ3n) is 5.97. The van der Waals surface area contributed by atoms with Gasteiger partial charge in [0.05, 0.1) is 18.0 Å². The average Bonchev–Trinajstić information content (AvgIpc) is 3.21. The number of hydrogen-bond donors (Lipinski definition) is 1. The molecule has 0 saturated heterocycles. The van der Waals surface area contributed by atoms with Crippen LogP contribution in [0, 0.1) is 5.92 Å². The highest BCUT2D eigenvalue weighted by Gasteiger charge is 2.27. The molecule has 1 aromatic heterocycles. The van der Waals surface area contributed by atoms with Crippen LogP contribution in [0.1, 0.15) is 24.2 Å². The highest BCUT2D eigenvalue weighted by atomic mass is 32.2. The summed E-state index contributed by atoms with van der Waals surface area (Å²) in [4.78, 5) is 21.0. The Morgan fingerprint density at radius 1 is 1.18 bits per heavy atom. The molecule has 0 aliphatic carbocycles. The van der Waals surface area contributed by atoms with Gasteiger partial charge in [-0.3, -0.25) is 14.4 Å². The molecule has 1 aliphatic rings. The summed E-state index contributed by atoms with van der Waals surface area (Å²) in [5.41, 5.74) is 0.523. The van der Waals surface area contributed by atoms with E-state index in [-0.39, 0.29) is 40.2 Å². The Morgan fingerprint density at radius 2 is 1.91 bits per heavy atom. The van der Waals surface area contributed by atoms with Crippen molar-refractivity contribution in [2.24, 2.45) is 13.0 Å². The minimum Gasteiger partial charge on any atom is -0.491 e. The molecule has 0 fully saturated rings. The molecule has 1 N–H and O–H groups in total. The second-order valence-electron chi connectivity index (χ2n) is 8.73. The van der Waals surface area contributed by atoms with Crippen molar-refractivity contribution in [2.75, 3.05) is 45.6 Å². The number of nitrogens with one attached hydrogen (secondary N) is 1. The number of amides is 1. The van der Waals surface area contributed by atoms with Crippen LogP contribution in [-0.4, -0.2) is 86.7 Å². The number of anilines is 1. The van der Waals surface area contributed by atoms with Gasteiger partial charge >= 0.3 is 0 Å². The molecule has 11 heteroatoms. The summed E-state index contributed by atoms with van der Waals surface area (Å²) in [5, 5.41) is -0.105. The first-order valence-corrected chi connectivity index (χ1v) is 12.3. The van der Waals surface area contributed by atoms with Crippen molar-refractivity contribution in [2.45, 2.75) is 31.0 Å². The van der Waals surface area contributed by atoms with E-state index in [1.807, 2.05) is 7.05 Å². The first kappa shape index (κ1) is 25.0. The third kappa shape index (κ3) is 5.84. The number of methoxy groups -OCH3 is 1. The predicted molar refractivity (Wildman–Crippen MR) is 125 cm³/mol. The molecule has 2 aromatic rings. The van der Waals surface area contributed by atoms with Gasteiger partial charge in [0.1, 0.15) is 12.4 Å². The highest BCUT2D eigenvalue weighted by molar-refractivity contribution is 7.92. The molecule has 2 heterocycles. The molecule has 0 bridgehead atoms. The molecule has 0 radical (unpaired) electrons. The minimum atomic E-state index is -3.90. The van der Waals surface area contributed by atoms with Gasteiger partial charge in [0.25, 0.3) is 15.9 Å². The van der Waals surface area contributed by atoms with Crippen LogP contribution in [0.5, 0.6) is 5.75 Å². The second-order valence-corrected chi connectivity index (χ2v) is 10.4. The fraction of sp³-hybridized carbons (Fsp3) is 0.545. The second kappa shape index (κ2) is 10.1. The van der Waals surface area contributed by atoms with Crippen molar-refractivity contribution in [3.05, 3.63) is 36.3 Å². The molecule has 182 valence electrons. The van der Waals surface area contributed by atoms with Gasteiger partial charge < -0.3 is 18.9 Å². The SMILES string of the molecule is CO[C@H]1CN(C)C(=O)c2cc(NS(=O)(=O)c3cn(C)cn3)ccc2OC[C@H](C)N(C)C[C@@H]1C. The maximum absolute atomic E-state index is 13.3. The molecular weight excluding hydrogens is 446 g/mol. The van der Waals surface area contributed by atoms with Crippen LogP contribution in [-0.2, 0) is 21.8 Å². The van der Waals surface area contributed by atoms with Gasteiger partial charge in [-0.2, -0.15) is 8.42 Å². The van der Waals surface area contributed by atoms with Gasteiger partial charge in [0.2, 0.25) is 0 Å². The maximum atomic E-state index is 13.3. The van der Waals surface area contributed by atoms with E-state index in [4.69, 9.17) is 9.47 Å². The molecule has 0 saturated carbocycles. The Bertz CT molecular complexity index is 1090. The van der Waals surface area contributed by atoms with E-state index in [1.54, 1.807) is 42.8 Å². The van der Waals surface area contributed by atoms with Gasteiger partial charge in [0, 0.05) is 52.2 Å². The van der Waals surface area contributed by atoms with Crippen LogP contribution >= 0.6 is 0 Å². The molecule has 33 heavy (non-hydrogen) atoms. The number of nitrogens with zero attached hydrogens (tertiary/aromatic N) is 4. The molecular formula is C22H33N5O5S. The smallest absolute Gasteiger partial charge is 0.280 e. The normalized spacial score (nSPS) is 23.3. The van der Waals surface area contributed by atoms with Crippen molar-refractivity contribution in [3.8, 4) is 5.75 Å². The van der Waals surface area contributed by atoms with Gasteiger partial charge in [-0.25, -0.2) is 4.98 Å². The zero-order valence-corrected chi connectivity index (χ0v) is 20.8. The zero-order valence-electron chi connectivity index (χ0n) is 20.0. The summed E-state index contributed by atoms with van der Waals surface area (Å²) in [6.45, 7) is 5.72. The number of ether oxygens (including phenoxy) is 2. The van der Waals surface area contributed by atoms with E-state index >= 15 is 0 Å². The van der Waals surface area contributed by atoms with Crippen molar-refractivity contribution in [1.29, 1.82) is 0 Å². The molecule has 3 rings (SSSR count). The van der Waals surface area contributed by atoms with E-state index in [0.29, 0.717) is 18.9 Å². The van der Waals surface area contributed by atoms with Crippen LogP contribution < -0.4 is 9.46 Å². The number of aromatic nitrogens is 2. The van der Waals surface area contributed by atoms with Gasteiger partial charge in [-0.15, -0.1) is 0 Å². The van der Waals surface area contributed by atoms with Crippen molar-refractivity contribution in [1.82, 2.24) is 19.4 Å². The molecule has 10 nitrogen and oxygen atoms in total. The summed E-state index contributed by atoms with van der Waals surface area (Å²) >= 11 is 0. The lowest BCUT2D eigenvalue weighted by atomic mass is 10.0. The summed E-state index contributed by atoms with van der Waals surface area (Å²) in [7, 11) is 3.17. The van der Waals surface area contributed by atoms with Crippen LogP contribution in [0.25, 0.3) is 0 Å². The summed E-state index contributed by atoms with van der Waals surface area (Å²) in [6.07, 6.45) is 2.66. The van der Waals surface area contributed by atoms with Crippen molar-refractivity contribution < 1.29 is 22.7 Å². The molecule has 0 spiro atoms. The lowest BCUT2D eigenvalue weighted by Crippen LogP contribution is -2.45. The lowest BCUT2D eigenvalue weighted by molar-refractivity contribution is 0.0150. The van der Waals surface area contributed by atoms with Gasteiger partial charge in [-0.05, 0) is 38.1 Å². The van der Waals surface area contributed by atoms with Crippen LogP contribution in [0.2, 0.25) is 0 Å². The standard InChI is InChI=1S/C22H33N5O5S/c1-15-10-26(4)16(2)13-32-19-8-7-17(24-33(29,30)21-12-25(3)14-23-21)9-18(19)22(28)27(5)11-20(15)31-6/h7-9,12,14-16,20,24H,10-11,13H2,1-6H3/t15-,16-,20-/m0/s1. The fourth-order valence-corrected chi connectivity index (χ4v) is 4.79. The van der Waals surface area contributed by atoms with Gasteiger partial charge in [0.15, 0.2) is 5.03 Å². The number of sulfonamides is 1. The molecule has 1 aliphatic heterocycles. The number of fused-ring (bicyclic) bond motifs is 1. The highest BCUT2D eigenvalue weighted by Crippen LogP contribution is 2.27. The number of imidazole rings is 1. The van der Waals surface area contributed by atoms with E-state index in [1.165, 1.54) is 18.6 Å². The van der Waals surface area contributed by atoms with Crippen molar-refractivity contribution >= 4 is 21.6 Å². The monoisotopic (exact) mass is 479 g/mol. The van der Waals surface area contributed by atoms with Gasteiger partial charge in [-0.1, -0.05) is 6.92 Å². The number of hydrogen-bond acceptors (Lipinski definition) is 7. The van der Waals surface area contributed by atoms with Crippen LogP contribution in [0.15, 0.2) is 35.7 Å². The summed E-state index contributed by atoms with van der Waals surface area (Å²) in [6, 6.07) is 4.80. The van der Waals surface area contributed by atoms with Crippen LogP contribution in [0.4, 0.5) is 5.69 Å². The van der Waals surface area contributed by atoms with Crippen LogP contribution in [0.3, 0.4) is 0 Å². The minimum absolute atomic E-state index is 0.104. The number of likely N-dealkylation sites (N-methyl/N-ethyl adjacent to an activating group) is 2. The third-order valence-corrected chi connectivity index (χ3v) is 7.23. The van der Waals surface area contributed by atoms with E-state index < -0.39 is 10.0 Å². The molecule has 1 aromatic carbocycles. The average molecular weight is 480 g/mol. The number of aryl methyl sites for hydroxylation is 1. The maximum Gasteiger partial charge on any atom is 0.280 e. The van der Waals surface area contributed by atoms with E-state index in [9.17, 15) is 13.2 Å². The topological polar surface area (TPSA) is 106 Å². The van der Waals surface area contributed by atoms with E-state index in [2.05, 4.69) is 28.5 Å². The largest absolute Gasteiger partial charge is 0.491 e. The quantitative estimate of drug-likeness (QED) is 0.711.